The number of amides is 2. The summed E-state index contributed by atoms with van der Waals surface area (Å²) in [7, 11) is 0. The van der Waals surface area contributed by atoms with Crippen LogP contribution in [0, 0.1) is 5.92 Å². The zero-order valence-electron chi connectivity index (χ0n) is 14.7. The van der Waals surface area contributed by atoms with Crippen molar-refractivity contribution in [2.24, 2.45) is 5.92 Å². The van der Waals surface area contributed by atoms with Crippen molar-refractivity contribution in [3.63, 3.8) is 0 Å². The van der Waals surface area contributed by atoms with E-state index in [-0.39, 0.29) is 12.1 Å². The van der Waals surface area contributed by atoms with Gasteiger partial charge in [-0.2, -0.15) is 0 Å². The first-order valence-electron chi connectivity index (χ1n) is 8.87. The van der Waals surface area contributed by atoms with Crippen molar-refractivity contribution in [3.8, 4) is 5.75 Å². The van der Waals surface area contributed by atoms with E-state index in [0.717, 1.165) is 51.1 Å². The van der Waals surface area contributed by atoms with Gasteiger partial charge in [0.25, 0.3) is 0 Å². The summed E-state index contributed by atoms with van der Waals surface area (Å²) >= 11 is 0. The molecule has 2 rings (SSSR count). The molecule has 0 spiro atoms. The molecule has 1 aromatic carbocycles. The zero-order valence-corrected chi connectivity index (χ0v) is 14.7. The highest BCUT2D eigenvalue weighted by Crippen LogP contribution is 2.20. The summed E-state index contributed by atoms with van der Waals surface area (Å²) in [6.07, 6.45) is 4.05. The van der Waals surface area contributed by atoms with Crippen molar-refractivity contribution in [2.45, 2.75) is 52.6 Å². The molecule has 128 valence electrons. The fraction of sp³-hybridized carbons (Fsp3) is 0.632. The molecule has 1 heterocycles. The molecule has 0 saturated carbocycles. The standard InChI is InChI=1S/C19H30N2O2/c1-4-16-6-5-7-18(14-16)23-17-9-12-21(13-10-17)19(22)20-11-8-15(2)3/h5-7,14-15,17H,4,8-13H2,1-3H3,(H,20,22). The number of rotatable bonds is 6. The average molecular weight is 318 g/mol. The van der Waals surface area contributed by atoms with Gasteiger partial charge in [0.15, 0.2) is 0 Å². The van der Waals surface area contributed by atoms with Crippen molar-refractivity contribution in [1.29, 1.82) is 0 Å². The number of carbonyl (C=O) groups is 1. The monoisotopic (exact) mass is 318 g/mol. The molecule has 0 aromatic heterocycles. The number of aryl methyl sites for hydroxylation is 1. The average Bonchev–Trinajstić information content (AvgIpc) is 2.55. The number of urea groups is 1. The number of nitrogens with one attached hydrogen (secondary N) is 1. The van der Waals surface area contributed by atoms with E-state index in [9.17, 15) is 4.79 Å². The van der Waals surface area contributed by atoms with Crippen LogP contribution in [-0.4, -0.2) is 36.7 Å². The minimum atomic E-state index is 0.0667. The van der Waals surface area contributed by atoms with E-state index in [1.165, 1.54) is 5.56 Å². The number of benzene rings is 1. The Hall–Kier alpha value is -1.71. The molecule has 0 aliphatic carbocycles. The van der Waals surface area contributed by atoms with Crippen LogP contribution < -0.4 is 10.1 Å². The van der Waals surface area contributed by atoms with E-state index in [4.69, 9.17) is 4.74 Å². The first-order chi connectivity index (χ1) is 11.1. The van der Waals surface area contributed by atoms with E-state index in [0.29, 0.717) is 5.92 Å². The third-order valence-electron chi connectivity index (χ3n) is 4.34. The predicted octanol–water partition coefficient (Wildman–Crippen LogP) is 3.85. The van der Waals surface area contributed by atoms with Gasteiger partial charge in [-0.3, -0.25) is 0 Å². The SMILES string of the molecule is CCc1cccc(OC2CCN(C(=O)NCCC(C)C)CC2)c1. The number of likely N-dealkylation sites (tertiary alicyclic amines) is 1. The van der Waals surface area contributed by atoms with Gasteiger partial charge in [-0.1, -0.05) is 32.9 Å². The van der Waals surface area contributed by atoms with Crippen LogP contribution in [0.25, 0.3) is 0 Å². The number of hydrogen-bond acceptors (Lipinski definition) is 2. The summed E-state index contributed by atoms with van der Waals surface area (Å²) in [5.74, 6) is 1.57. The van der Waals surface area contributed by atoms with Crippen LogP contribution in [0.3, 0.4) is 0 Å². The maximum absolute atomic E-state index is 12.1. The van der Waals surface area contributed by atoms with Crippen molar-refractivity contribution in [1.82, 2.24) is 10.2 Å². The van der Waals surface area contributed by atoms with Crippen LogP contribution in [0.5, 0.6) is 5.75 Å². The Morgan fingerprint density at radius 1 is 1.35 bits per heavy atom. The Morgan fingerprint density at radius 3 is 2.74 bits per heavy atom. The van der Waals surface area contributed by atoms with Crippen molar-refractivity contribution >= 4 is 6.03 Å². The summed E-state index contributed by atoms with van der Waals surface area (Å²) < 4.78 is 6.08. The lowest BCUT2D eigenvalue weighted by molar-refractivity contribution is 0.111. The molecule has 1 saturated heterocycles. The van der Waals surface area contributed by atoms with Gasteiger partial charge in [0.05, 0.1) is 0 Å². The van der Waals surface area contributed by atoms with Crippen molar-refractivity contribution in [3.05, 3.63) is 29.8 Å². The first-order valence-corrected chi connectivity index (χ1v) is 8.87. The lowest BCUT2D eigenvalue weighted by Crippen LogP contribution is -2.46. The second kappa shape index (κ2) is 8.80. The van der Waals surface area contributed by atoms with Gasteiger partial charge in [-0.05, 0) is 36.5 Å². The van der Waals surface area contributed by atoms with Crippen LogP contribution in [0.1, 0.15) is 45.6 Å². The maximum Gasteiger partial charge on any atom is 0.317 e. The maximum atomic E-state index is 12.1. The van der Waals surface area contributed by atoms with Crippen molar-refractivity contribution in [2.75, 3.05) is 19.6 Å². The summed E-state index contributed by atoms with van der Waals surface area (Å²) in [6, 6.07) is 8.37. The Balaban J connectivity index is 1.74. The molecule has 1 aliphatic heterocycles. The number of carbonyl (C=O) groups excluding carboxylic acids is 1. The molecular formula is C19H30N2O2. The van der Waals surface area contributed by atoms with E-state index in [1.54, 1.807) is 0 Å². The number of nitrogens with zero attached hydrogens (tertiary/aromatic N) is 1. The fourth-order valence-electron chi connectivity index (χ4n) is 2.79. The number of piperidine rings is 1. The molecule has 23 heavy (non-hydrogen) atoms. The molecule has 0 atom stereocenters. The van der Waals surface area contributed by atoms with E-state index < -0.39 is 0 Å². The van der Waals surface area contributed by atoms with Crippen LogP contribution in [-0.2, 0) is 6.42 Å². The summed E-state index contributed by atoms with van der Waals surface area (Å²) in [6.45, 7) is 8.79. The van der Waals surface area contributed by atoms with Gasteiger partial charge in [-0.15, -0.1) is 0 Å². The Bertz CT molecular complexity index is 494. The van der Waals surface area contributed by atoms with E-state index in [2.05, 4.69) is 38.2 Å². The van der Waals surface area contributed by atoms with Gasteiger partial charge >= 0.3 is 6.03 Å². The molecule has 4 heteroatoms. The quantitative estimate of drug-likeness (QED) is 0.865. The second-order valence-electron chi connectivity index (χ2n) is 6.72. The topological polar surface area (TPSA) is 41.6 Å². The molecule has 1 aromatic rings. The molecule has 4 nitrogen and oxygen atoms in total. The van der Waals surface area contributed by atoms with Gasteiger partial charge in [0.1, 0.15) is 11.9 Å². The minimum Gasteiger partial charge on any atom is -0.490 e. The first kappa shape index (κ1) is 17.6. The van der Waals surface area contributed by atoms with Crippen molar-refractivity contribution < 1.29 is 9.53 Å². The lowest BCUT2D eigenvalue weighted by atomic mass is 10.1. The van der Waals surface area contributed by atoms with Gasteiger partial charge < -0.3 is 15.0 Å². The summed E-state index contributed by atoms with van der Waals surface area (Å²) in [4.78, 5) is 14.0. The normalized spacial score (nSPS) is 15.7. The van der Waals surface area contributed by atoms with Gasteiger partial charge in [0, 0.05) is 32.5 Å². The highest BCUT2D eigenvalue weighted by Gasteiger charge is 2.23. The lowest BCUT2D eigenvalue weighted by Gasteiger charge is -2.32. The molecule has 2 amide bonds. The smallest absolute Gasteiger partial charge is 0.317 e. The molecule has 0 radical (unpaired) electrons. The molecule has 1 aliphatic rings. The third-order valence-corrected chi connectivity index (χ3v) is 4.34. The van der Waals surface area contributed by atoms with Crippen LogP contribution >= 0.6 is 0 Å². The minimum absolute atomic E-state index is 0.0667. The predicted molar refractivity (Wildman–Crippen MR) is 93.9 cm³/mol. The van der Waals surface area contributed by atoms with Gasteiger partial charge in [0.2, 0.25) is 0 Å². The van der Waals surface area contributed by atoms with E-state index >= 15 is 0 Å². The van der Waals surface area contributed by atoms with Crippen LogP contribution in [0.4, 0.5) is 4.79 Å². The van der Waals surface area contributed by atoms with Gasteiger partial charge in [-0.25, -0.2) is 4.79 Å². The molecule has 0 bridgehead atoms. The largest absolute Gasteiger partial charge is 0.490 e. The Labute approximate surface area is 140 Å². The summed E-state index contributed by atoms with van der Waals surface area (Å²) in [5, 5.41) is 3.01. The Kier molecular flexibility index (Phi) is 6.75. The fourth-order valence-corrected chi connectivity index (χ4v) is 2.79. The number of ether oxygens (including phenoxy) is 1. The van der Waals surface area contributed by atoms with Crippen LogP contribution in [0.15, 0.2) is 24.3 Å². The molecule has 1 N–H and O–H groups in total. The second-order valence-corrected chi connectivity index (χ2v) is 6.72. The third kappa shape index (κ3) is 5.77. The Morgan fingerprint density at radius 2 is 2.09 bits per heavy atom. The summed E-state index contributed by atoms with van der Waals surface area (Å²) in [5.41, 5.74) is 1.30. The van der Waals surface area contributed by atoms with E-state index in [1.807, 2.05) is 17.0 Å². The number of hydrogen-bond donors (Lipinski definition) is 1. The molecular weight excluding hydrogens is 288 g/mol. The highest BCUT2D eigenvalue weighted by atomic mass is 16.5. The highest BCUT2D eigenvalue weighted by molar-refractivity contribution is 5.74. The van der Waals surface area contributed by atoms with Crippen LogP contribution in [0.2, 0.25) is 0 Å². The molecule has 0 unspecified atom stereocenters. The molecule has 1 fully saturated rings. The zero-order chi connectivity index (χ0) is 16.7.